The number of fused-ring (bicyclic) bond motifs is 1. The molecule has 0 radical (unpaired) electrons. The van der Waals surface area contributed by atoms with Crippen molar-refractivity contribution in [2.24, 2.45) is 0 Å². The molecule has 5 rings (SSSR count). The van der Waals surface area contributed by atoms with Crippen molar-refractivity contribution in [3.8, 4) is 22.8 Å². The van der Waals surface area contributed by atoms with E-state index in [4.69, 9.17) is 15.2 Å². The van der Waals surface area contributed by atoms with E-state index >= 15 is 0 Å². The Balaban J connectivity index is 1.29. The lowest BCUT2D eigenvalue weighted by Crippen LogP contribution is -2.31. The predicted molar refractivity (Wildman–Crippen MR) is 109 cm³/mol. The number of aromatic nitrogens is 4. The standard InChI is InChI=1S/C22H20N6O/c23-18-8-6-16(7-9-18)21-24-12-17-13-28(11-10-19(17)25-21)14-20-26-22(27-29-20)15-4-2-1-3-5-15/h1-9,12H,10-11,13-14,23H2. The third kappa shape index (κ3) is 3.72. The first-order valence-corrected chi connectivity index (χ1v) is 9.56. The number of benzene rings is 2. The summed E-state index contributed by atoms with van der Waals surface area (Å²) >= 11 is 0. The molecule has 0 saturated carbocycles. The van der Waals surface area contributed by atoms with Gasteiger partial charge >= 0.3 is 0 Å². The fourth-order valence-electron chi connectivity index (χ4n) is 3.50. The molecule has 0 amide bonds. The summed E-state index contributed by atoms with van der Waals surface area (Å²) in [5, 5.41) is 4.10. The van der Waals surface area contributed by atoms with Crippen molar-refractivity contribution in [1.82, 2.24) is 25.0 Å². The van der Waals surface area contributed by atoms with Crippen molar-refractivity contribution in [2.75, 3.05) is 12.3 Å². The molecule has 0 aliphatic carbocycles. The maximum absolute atomic E-state index is 5.77. The highest BCUT2D eigenvalue weighted by atomic mass is 16.5. The first-order chi connectivity index (χ1) is 14.2. The number of hydrogen-bond donors (Lipinski definition) is 1. The van der Waals surface area contributed by atoms with Crippen LogP contribution in [0, 0.1) is 0 Å². The molecule has 0 unspecified atom stereocenters. The molecule has 0 bridgehead atoms. The Morgan fingerprint density at radius 2 is 1.72 bits per heavy atom. The van der Waals surface area contributed by atoms with E-state index < -0.39 is 0 Å². The van der Waals surface area contributed by atoms with E-state index in [2.05, 4.69) is 20.0 Å². The molecule has 0 saturated heterocycles. The van der Waals surface area contributed by atoms with E-state index in [0.717, 1.165) is 53.4 Å². The van der Waals surface area contributed by atoms with Gasteiger partial charge in [-0.2, -0.15) is 4.98 Å². The Bertz CT molecular complexity index is 1120. The van der Waals surface area contributed by atoms with Crippen molar-refractivity contribution < 1.29 is 4.52 Å². The van der Waals surface area contributed by atoms with Crippen LogP contribution in [-0.2, 0) is 19.5 Å². The summed E-state index contributed by atoms with van der Waals surface area (Å²) in [6.45, 7) is 2.26. The molecule has 0 spiro atoms. The minimum Gasteiger partial charge on any atom is -0.399 e. The van der Waals surface area contributed by atoms with Crippen LogP contribution in [0.25, 0.3) is 22.8 Å². The monoisotopic (exact) mass is 384 g/mol. The highest BCUT2D eigenvalue weighted by molar-refractivity contribution is 5.59. The number of nitrogens with zero attached hydrogens (tertiary/aromatic N) is 5. The average molecular weight is 384 g/mol. The van der Waals surface area contributed by atoms with Crippen LogP contribution in [0.1, 0.15) is 17.1 Å². The van der Waals surface area contributed by atoms with E-state index in [9.17, 15) is 0 Å². The summed E-state index contributed by atoms with van der Waals surface area (Å²) in [7, 11) is 0. The highest BCUT2D eigenvalue weighted by Crippen LogP contribution is 2.23. The molecule has 2 aromatic heterocycles. The minimum absolute atomic E-state index is 0.610. The van der Waals surface area contributed by atoms with Gasteiger partial charge in [0, 0.05) is 48.1 Å². The molecule has 144 valence electrons. The molecular weight excluding hydrogens is 364 g/mol. The normalized spacial score (nSPS) is 13.9. The van der Waals surface area contributed by atoms with Crippen LogP contribution in [0.5, 0.6) is 0 Å². The molecule has 2 N–H and O–H groups in total. The van der Waals surface area contributed by atoms with Crippen molar-refractivity contribution in [3.63, 3.8) is 0 Å². The third-order valence-electron chi connectivity index (χ3n) is 5.04. The Kier molecular flexibility index (Phi) is 4.50. The maximum Gasteiger partial charge on any atom is 0.241 e. The van der Waals surface area contributed by atoms with Crippen LogP contribution in [0.15, 0.2) is 65.3 Å². The Morgan fingerprint density at radius 1 is 0.931 bits per heavy atom. The van der Waals surface area contributed by atoms with Gasteiger partial charge in [-0.05, 0) is 24.3 Å². The van der Waals surface area contributed by atoms with Gasteiger partial charge in [-0.15, -0.1) is 0 Å². The largest absolute Gasteiger partial charge is 0.399 e. The second-order valence-electron chi connectivity index (χ2n) is 7.13. The zero-order valence-corrected chi connectivity index (χ0v) is 15.8. The van der Waals surface area contributed by atoms with Crippen molar-refractivity contribution in [2.45, 2.75) is 19.5 Å². The Labute approximate surface area is 168 Å². The van der Waals surface area contributed by atoms with Crippen molar-refractivity contribution >= 4 is 5.69 Å². The predicted octanol–water partition coefficient (Wildman–Crippen LogP) is 3.33. The quantitative estimate of drug-likeness (QED) is 0.539. The molecule has 0 fully saturated rings. The van der Waals surface area contributed by atoms with Gasteiger partial charge in [-0.3, -0.25) is 4.90 Å². The highest BCUT2D eigenvalue weighted by Gasteiger charge is 2.21. The van der Waals surface area contributed by atoms with Crippen LogP contribution in [-0.4, -0.2) is 31.6 Å². The zero-order valence-electron chi connectivity index (χ0n) is 15.8. The number of nitrogen functional groups attached to an aromatic ring is 1. The van der Waals surface area contributed by atoms with E-state index in [1.807, 2.05) is 60.8 Å². The van der Waals surface area contributed by atoms with Gasteiger partial charge in [0.2, 0.25) is 11.7 Å². The SMILES string of the molecule is Nc1ccc(-c2ncc3c(n2)CCN(Cc2nc(-c4ccccc4)no2)C3)cc1. The lowest BCUT2D eigenvalue weighted by Gasteiger charge is -2.26. The molecule has 1 aliphatic heterocycles. The average Bonchev–Trinajstić information content (AvgIpc) is 3.23. The van der Waals surface area contributed by atoms with Gasteiger partial charge in [0.05, 0.1) is 12.2 Å². The van der Waals surface area contributed by atoms with E-state index in [0.29, 0.717) is 18.3 Å². The third-order valence-corrected chi connectivity index (χ3v) is 5.04. The lowest BCUT2D eigenvalue weighted by atomic mass is 10.1. The zero-order chi connectivity index (χ0) is 19.6. The summed E-state index contributed by atoms with van der Waals surface area (Å²) in [4.78, 5) is 16.1. The molecule has 7 nitrogen and oxygen atoms in total. The van der Waals surface area contributed by atoms with Gasteiger partial charge < -0.3 is 10.3 Å². The van der Waals surface area contributed by atoms with Gasteiger partial charge in [0.25, 0.3) is 0 Å². The second kappa shape index (κ2) is 7.44. The molecule has 0 atom stereocenters. The fourth-order valence-corrected chi connectivity index (χ4v) is 3.50. The first kappa shape index (κ1) is 17.5. The summed E-state index contributed by atoms with van der Waals surface area (Å²) in [5.41, 5.74) is 10.7. The number of anilines is 1. The molecule has 4 aromatic rings. The topological polar surface area (TPSA) is 94.0 Å². The van der Waals surface area contributed by atoms with Crippen LogP contribution in [0.3, 0.4) is 0 Å². The van der Waals surface area contributed by atoms with E-state index in [1.54, 1.807) is 0 Å². The summed E-state index contributed by atoms with van der Waals surface area (Å²) < 4.78 is 5.45. The molecule has 1 aliphatic rings. The van der Waals surface area contributed by atoms with Crippen LogP contribution < -0.4 is 5.73 Å². The summed E-state index contributed by atoms with van der Waals surface area (Å²) in [5.74, 6) is 1.97. The Morgan fingerprint density at radius 3 is 2.55 bits per heavy atom. The minimum atomic E-state index is 0.610. The van der Waals surface area contributed by atoms with Crippen LogP contribution >= 0.6 is 0 Å². The smallest absolute Gasteiger partial charge is 0.241 e. The van der Waals surface area contributed by atoms with Gasteiger partial charge in [-0.25, -0.2) is 9.97 Å². The number of rotatable bonds is 4. The van der Waals surface area contributed by atoms with Gasteiger partial charge in [-0.1, -0.05) is 35.5 Å². The molecule has 2 aromatic carbocycles. The first-order valence-electron chi connectivity index (χ1n) is 9.56. The molecule has 29 heavy (non-hydrogen) atoms. The van der Waals surface area contributed by atoms with Crippen LogP contribution in [0.4, 0.5) is 5.69 Å². The number of nitrogens with two attached hydrogens (primary N) is 1. The number of hydrogen-bond acceptors (Lipinski definition) is 7. The van der Waals surface area contributed by atoms with Crippen molar-refractivity contribution in [1.29, 1.82) is 0 Å². The van der Waals surface area contributed by atoms with E-state index in [-0.39, 0.29) is 0 Å². The van der Waals surface area contributed by atoms with Crippen LogP contribution in [0.2, 0.25) is 0 Å². The summed E-state index contributed by atoms with van der Waals surface area (Å²) in [6, 6.07) is 17.5. The molecular formula is C22H20N6O. The van der Waals surface area contributed by atoms with Crippen molar-refractivity contribution in [3.05, 3.63) is 77.9 Å². The van der Waals surface area contributed by atoms with E-state index in [1.165, 1.54) is 0 Å². The molecule has 7 heteroatoms. The second-order valence-corrected chi connectivity index (χ2v) is 7.13. The fraction of sp³-hybridized carbons (Fsp3) is 0.182. The maximum atomic E-state index is 5.77. The summed E-state index contributed by atoms with van der Waals surface area (Å²) in [6.07, 6.45) is 2.78. The van der Waals surface area contributed by atoms with Gasteiger partial charge in [0.15, 0.2) is 5.82 Å². The lowest BCUT2D eigenvalue weighted by molar-refractivity contribution is 0.209. The molecule has 3 heterocycles. The Hall–Kier alpha value is -3.58. The van der Waals surface area contributed by atoms with Gasteiger partial charge in [0.1, 0.15) is 0 Å².